The van der Waals surface area contributed by atoms with Crippen molar-refractivity contribution < 1.29 is 23.9 Å². The summed E-state index contributed by atoms with van der Waals surface area (Å²) in [5.74, 6) is 1.58. The zero-order valence-corrected chi connectivity index (χ0v) is 15.9. The number of ether oxygens (including phenoxy) is 3. The van der Waals surface area contributed by atoms with E-state index in [2.05, 4.69) is 5.32 Å². The van der Waals surface area contributed by atoms with Crippen molar-refractivity contribution >= 4 is 17.4 Å². The number of nitrogens with one attached hydrogen (secondary N) is 1. The monoisotopic (exact) mass is 387 g/mol. The van der Waals surface area contributed by atoms with E-state index in [0.29, 0.717) is 36.8 Å². The van der Waals surface area contributed by atoms with E-state index in [1.165, 1.54) is 19.2 Å². The largest absolute Gasteiger partial charge is 0.496 e. The molecule has 0 spiro atoms. The summed E-state index contributed by atoms with van der Waals surface area (Å²) < 4.78 is 15.7. The lowest BCUT2D eigenvalue weighted by molar-refractivity contribution is -0.384. The predicted octanol–water partition coefficient (Wildman–Crippen LogP) is 3.21. The van der Waals surface area contributed by atoms with Gasteiger partial charge in [-0.25, -0.2) is 4.79 Å². The third-order valence-electron chi connectivity index (χ3n) is 4.65. The smallest absolute Gasteiger partial charge is 0.322 e. The van der Waals surface area contributed by atoms with E-state index >= 15 is 0 Å². The molecule has 0 unspecified atom stereocenters. The standard InChI is InChI=1S/C19H21N3O6/c1-26-14-4-5-15(16(10-14)22(24)25)20-19(23)21-7-6-12-8-17(27-2)18(28-3)9-13(12)11-21/h4-5,8-10H,6-7,11H2,1-3H3,(H,20,23). The molecule has 0 radical (unpaired) electrons. The number of carbonyl (C=O) groups excluding carboxylic acids is 1. The maximum absolute atomic E-state index is 12.7. The molecule has 0 fully saturated rings. The van der Waals surface area contributed by atoms with Gasteiger partial charge in [-0.1, -0.05) is 0 Å². The number of amides is 2. The molecule has 28 heavy (non-hydrogen) atoms. The van der Waals surface area contributed by atoms with Crippen LogP contribution in [-0.2, 0) is 13.0 Å². The Hall–Kier alpha value is -3.49. The second-order valence-electron chi connectivity index (χ2n) is 6.22. The Morgan fingerprint density at radius 2 is 1.75 bits per heavy atom. The van der Waals surface area contributed by atoms with Crippen LogP contribution < -0.4 is 19.5 Å². The van der Waals surface area contributed by atoms with E-state index in [0.717, 1.165) is 11.1 Å². The molecule has 1 aliphatic heterocycles. The zero-order valence-electron chi connectivity index (χ0n) is 15.9. The minimum atomic E-state index is -0.555. The Labute approximate surface area is 162 Å². The molecule has 0 saturated heterocycles. The minimum Gasteiger partial charge on any atom is -0.496 e. The van der Waals surface area contributed by atoms with Crippen LogP contribution in [0.2, 0.25) is 0 Å². The van der Waals surface area contributed by atoms with Crippen molar-refractivity contribution in [2.75, 3.05) is 33.2 Å². The number of rotatable bonds is 5. The molecule has 1 aliphatic rings. The van der Waals surface area contributed by atoms with Crippen molar-refractivity contribution in [2.45, 2.75) is 13.0 Å². The fourth-order valence-electron chi connectivity index (χ4n) is 3.15. The number of fused-ring (bicyclic) bond motifs is 1. The summed E-state index contributed by atoms with van der Waals surface area (Å²) in [6.45, 7) is 0.851. The lowest BCUT2D eigenvalue weighted by Crippen LogP contribution is -2.39. The van der Waals surface area contributed by atoms with Gasteiger partial charge in [0.15, 0.2) is 11.5 Å². The first-order valence-electron chi connectivity index (χ1n) is 8.59. The average molecular weight is 387 g/mol. The summed E-state index contributed by atoms with van der Waals surface area (Å²) >= 11 is 0. The van der Waals surface area contributed by atoms with E-state index in [4.69, 9.17) is 14.2 Å². The molecule has 1 heterocycles. The van der Waals surface area contributed by atoms with E-state index in [1.54, 1.807) is 25.2 Å². The summed E-state index contributed by atoms with van der Waals surface area (Å²) in [5.41, 5.74) is 1.92. The Balaban J connectivity index is 1.79. The first-order chi connectivity index (χ1) is 13.5. The summed E-state index contributed by atoms with van der Waals surface area (Å²) in [5, 5.41) is 13.9. The van der Waals surface area contributed by atoms with Crippen LogP contribution in [0.1, 0.15) is 11.1 Å². The fraction of sp³-hybridized carbons (Fsp3) is 0.316. The van der Waals surface area contributed by atoms with Crippen LogP contribution in [0.5, 0.6) is 17.2 Å². The second kappa shape index (κ2) is 8.03. The van der Waals surface area contributed by atoms with E-state index in [9.17, 15) is 14.9 Å². The van der Waals surface area contributed by atoms with Crippen LogP contribution in [0.3, 0.4) is 0 Å². The first kappa shape index (κ1) is 19.3. The van der Waals surface area contributed by atoms with Crippen LogP contribution in [0.15, 0.2) is 30.3 Å². The van der Waals surface area contributed by atoms with Gasteiger partial charge in [0.2, 0.25) is 0 Å². The average Bonchev–Trinajstić information content (AvgIpc) is 2.72. The number of nitrogens with zero attached hydrogens (tertiary/aromatic N) is 2. The highest BCUT2D eigenvalue weighted by atomic mass is 16.6. The van der Waals surface area contributed by atoms with Gasteiger partial charge in [-0.3, -0.25) is 10.1 Å². The minimum absolute atomic E-state index is 0.119. The number of carbonyl (C=O) groups is 1. The van der Waals surface area contributed by atoms with Crippen LogP contribution >= 0.6 is 0 Å². The number of nitro benzene ring substituents is 1. The summed E-state index contributed by atoms with van der Waals surface area (Å²) in [4.78, 5) is 25.0. The molecule has 2 amide bonds. The highest BCUT2D eigenvalue weighted by Crippen LogP contribution is 2.34. The van der Waals surface area contributed by atoms with E-state index in [-0.39, 0.29) is 11.4 Å². The van der Waals surface area contributed by atoms with Gasteiger partial charge in [-0.05, 0) is 41.8 Å². The van der Waals surface area contributed by atoms with Crippen molar-refractivity contribution in [2.24, 2.45) is 0 Å². The molecule has 3 rings (SSSR count). The fourth-order valence-corrected chi connectivity index (χ4v) is 3.15. The normalized spacial score (nSPS) is 12.8. The summed E-state index contributed by atoms with van der Waals surface area (Å²) in [6.07, 6.45) is 0.647. The molecular weight excluding hydrogens is 366 g/mol. The number of methoxy groups -OCH3 is 3. The molecule has 0 atom stereocenters. The number of nitro groups is 1. The Bertz CT molecular complexity index is 915. The molecule has 0 bridgehead atoms. The van der Waals surface area contributed by atoms with Gasteiger partial charge in [0, 0.05) is 13.1 Å². The van der Waals surface area contributed by atoms with Crippen molar-refractivity contribution in [3.63, 3.8) is 0 Å². The molecule has 2 aromatic rings. The van der Waals surface area contributed by atoms with Gasteiger partial charge in [0.1, 0.15) is 11.4 Å². The van der Waals surface area contributed by atoms with Crippen LogP contribution in [0.4, 0.5) is 16.2 Å². The highest BCUT2D eigenvalue weighted by molar-refractivity contribution is 5.92. The number of hydrogen-bond acceptors (Lipinski definition) is 6. The molecule has 9 heteroatoms. The summed E-state index contributed by atoms with van der Waals surface area (Å²) in [6, 6.07) is 7.65. The van der Waals surface area contributed by atoms with Gasteiger partial charge < -0.3 is 24.4 Å². The van der Waals surface area contributed by atoms with E-state index in [1.807, 2.05) is 12.1 Å². The number of urea groups is 1. The molecule has 9 nitrogen and oxygen atoms in total. The number of benzene rings is 2. The third kappa shape index (κ3) is 3.78. The van der Waals surface area contributed by atoms with Crippen LogP contribution in [0, 0.1) is 10.1 Å². The third-order valence-corrected chi connectivity index (χ3v) is 4.65. The summed E-state index contributed by atoms with van der Waals surface area (Å²) in [7, 11) is 4.56. The number of anilines is 1. The van der Waals surface area contributed by atoms with Crippen molar-refractivity contribution in [3.05, 3.63) is 51.6 Å². The lowest BCUT2D eigenvalue weighted by Gasteiger charge is -2.29. The van der Waals surface area contributed by atoms with Crippen LogP contribution in [0.25, 0.3) is 0 Å². The molecule has 0 saturated carbocycles. The van der Waals surface area contributed by atoms with Crippen molar-refractivity contribution in [3.8, 4) is 17.2 Å². The van der Waals surface area contributed by atoms with Crippen LogP contribution in [-0.4, -0.2) is 43.7 Å². The molecule has 2 aromatic carbocycles. The highest BCUT2D eigenvalue weighted by Gasteiger charge is 2.25. The Morgan fingerprint density at radius 1 is 1.07 bits per heavy atom. The Morgan fingerprint density at radius 3 is 2.36 bits per heavy atom. The first-order valence-corrected chi connectivity index (χ1v) is 8.59. The van der Waals surface area contributed by atoms with Gasteiger partial charge in [-0.2, -0.15) is 0 Å². The predicted molar refractivity (Wildman–Crippen MR) is 102 cm³/mol. The second-order valence-corrected chi connectivity index (χ2v) is 6.22. The van der Waals surface area contributed by atoms with Crippen molar-refractivity contribution in [1.82, 2.24) is 4.90 Å². The molecule has 148 valence electrons. The maximum atomic E-state index is 12.7. The molecule has 1 N–H and O–H groups in total. The topological polar surface area (TPSA) is 103 Å². The zero-order chi connectivity index (χ0) is 20.3. The Kier molecular flexibility index (Phi) is 5.53. The van der Waals surface area contributed by atoms with Crippen molar-refractivity contribution in [1.29, 1.82) is 0 Å². The SMILES string of the molecule is COc1ccc(NC(=O)N2CCc3cc(OC)c(OC)cc3C2)c([N+](=O)[O-])c1. The van der Waals surface area contributed by atoms with Gasteiger partial charge >= 0.3 is 6.03 Å². The molecule has 0 aliphatic carbocycles. The van der Waals surface area contributed by atoms with Gasteiger partial charge in [0.25, 0.3) is 5.69 Å². The van der Waals surface area contributed by atoms with E-state index < -0.39 is 11.0 Å². The lowest BCUT2D eigenvalue weighted by atomic mass is 9.99. The quantitative estimate of drug-likeness (QED) is 0.624. The molecule has 0 aromatic heterocycles. The van der Waals surface area contributed by atoms with Gasteiger partial charge in [-0.15, -0.1) is 0 Å². The van der Waals surface area contributed by atoms with Gasteiger partial charge in [0.05, 0.1) is 32.3 Å². The molecular formula is C19H21N3O6. The maximum Gasteiger partial charge on any atom is 0.322 e. The number of hydrogen-bond donors (Lipinski definition) is 1.